The van der Waals surface area contributed by atoms with Crippen LogP contribution < -0.4 is 0 Å². The molecule has 0 aromatic heterocycles. The molecule has 0 atom stereocenters. The Morgan fingerprint density at radius 3 is 2.08 bits per heavy atom. The zero-order valence-corrected chi connectivity index (χ0v) is 8.66. The molecule has 13 heavy (non-hydrogen) atoms. The summed E-state index contributed by atoms with van der Waals surface area (Å²) < 4.78 is 38.5. The lowest BCUT2D eigenvalue weighted by Gasteiger charge is -2.06. The summed E-state index contributed by atoms with van der Waals surface area (Å²) in [7, 11) is 0. The predicted molar refractivity (Wildman–Crippen MR) is 49.9 cm³/mol. The first-order valence-corrected chi connectivity index (χ1v) is 5.82. The molecular formula is C8H7F3S2. The van der Waals surface area contributed by atoms with Crippen LogP contribution in [0.2, 0.25) is 0 Å². The lowest BCUT2D eigenvalue weighted by molar-refractivity contribution is 0.429. The standard InChI is InChI=1S/C8H7F3S2/c1-12-5-3-4(9)6(10)7(11)8(5)13-2/h3H,1-2H3. The van der Waals surface area contributed by atoms with Gasteiger partial charge in [0.15, 0.2) is 17.5 Å². The second kappa shape index (κ2) is 4.28. The van der Waals surface area contributed by atoms with Crippen molar-refractivity contribution in [1.82, 2.24) is 0 Å². The van der Waals surface area contributed by atoms with E-state index >= 15 is 0 Å². The molecule has 72 valence electrons. The Labute approximate surface area is 82.9 Å². The van der Waals surface area contributed by atoms with E-state index in [2.05, 4.69) is 0 Å². The van der Waals surface area contributed by atoms with E-state index in [1.165, 1.54) is 11.8 Å². The zero-order chi connectivity index (χ0) is 10.0. The van der Waals surface area contributed by atoms with Gasteiger partial charge in [0.05, 0.1) is 4.90 Å². The maximum absolute atomic E-state index is 13.1. The fraction of sp³-hybridized carbons (Fsp3) is 0.250. The minimum atomic E-state index is -1.40. The molecule has 0 nitrogen and oxygen atoms in total. The Bertz CT molecular complexity index is 326. The number of thioether (sulfide) groups is 2. The minimum Gasteiger partial charge on any atom is -0.204 e. The molecule has 0 aliphatic rings. The number of rotatable bonds is 2. The Balaban J connectivity index is 3.39. The maximum atomic E-state index is 13.1. The fourth-order valence-electron chi connectivity index (χ4n) is 0.899. The Kier molecular flexibility index (Phi) is 3.55. The van der Waals surface area contributed by atoms with Crippen LogP contribution in [0.15, 0.2) is 15.9 Å². The third kappa shape index (κ3) is 1.96. The van der Waals surface area contributed by atoms with Crippen molar-refractivity contribution >= 4 is 23.5 Å². The molecule has 0 bridgehead atoms. The molecule has 0 saturated carbocycles. The first kappa shape index (κ1) is 10.8. The monoisotopic (exact) mass is 224 g/mol. The number of hydrogen-bond donors (Lipinski definition) is 0. The second-order valence-electron chi connectivity index (χ2n) is 2.22. The second-order valence-corrected chi connectivity index (χ2v) is 3.89. The van der Waals surface area contributed by atoms with E-state index in [0.717, 1.165) is 17.8 Å². The molecule has 5 heteroatoms. The third-order valence-electron chi connectivity index (χ3n) is 1.51. The molecule has 0 heterocycles. The highest BCUT2D eigenvalue weighted by molar-refractivity contribution is 8.01. The number of halogens is 3. The van der Waals surface area contributed by atoms with Crippen LogP contribution in [0.1, 0.15) is 0 Å². The fourth-order valence-corrected chi connectivity index (χ4v) is 2.42. The minimum absolute atomic E-state index is 0.159. The van der Waals surface area contributed by atoms with E-state index in [1.54, 1.807) is 12.5 Å². The summed E-state index contributed by atoms with van der Waals surface area (Å²) in [5.74, 6) is -3.64. The quantitative estimate of drug-likeness (QED) is 0.556. The smallest absolute Gasteiger partial charge is 0.195 e. The molecule has 0 unspecified atom stereocenters. The van der Waals surface area contributed by atoms with E-state index in [4.69, 9.17) is 0 Å². The van der Waals surface area contributed by atoms with Gasteiger partial charge in [0.25, 0.3) is 0 Å². The Morgan fingerprint density at radius 2 is 1.62 bits per heavy atom. The molecule has 0 amide bonds. The van der Waals surface area contributed by atoms with E-state index in [1.807, 2.05) is 0 Å². The molecule has 0 aliphatic carbocycles. The van der Waals surface area contributed by atoms with Crippen LogP contribution in [-0.4, -0.2) is 12.5 Å². The summed E-state index contributed by atoms with van der Waals surface area (Å²) in [6, 6.07) is 1.01. The summed E-state index contributed by atoms with van der Waals surface area (Å²) in [6.07, 6.45) is 3.31. The van der Waals surface area contributed by atoms with Crippen LogP contribution in [0.5, 0.6) is 0 Å². The lowest BCUT2D eigenvalue weighted by atomic mass is 10.3. The SMILES string of the molecule is CSc1cc(F)c(F)c(F)c1SC. The van der Waals surface area contributed by atoms with E-state index < -0.39 is 17.5 Å². The van der Waals surface area contributed by atoms with Gasteiger partial charge in [-0.2, -0.15) is 0 Å². The van der Waals surface area contributed by atoms with Gasteiger partial charge in [-0.05, 0) is 18.6 Å². The van der Waals surface area contributed by atoms with Gasteiger partial charge >= 0.3 is 0 Å². The van der Waals surface area contributed by atoms with Gasteiger partial charge in [-0.1, -0.05) is 0 Å². The van der Waals surface area contributed by atoms with Gasteiger partial charge in [-0.25, -0.2) is 13.2 Å². The van der Waals surface area contributed by atoms with Crippen molar-refractivity contribution in [1.29, 1.82) is 0 Å². The summed E-state index contributed by atoms with van der Waals surface area (Å²) in [5, 5.41) is 0. The Morgan fingerprint density at radius 1 is 1.00 bits per heavy atom. The molecule has 0 spiro atoms. The molecule has 0 N–H and O–H groups in total. The van der Waals surface area contributed by atoms with Crippen LogP contribution >= 0.6 is 23.5 Å². The average molecular weight is 224 g/mol. The molecule has 1 rings (SSSR count). The molecule has 1 aromatic carbocycles. The topological polar surface area (TPSA) is 0 Å². The largest absolute Gasteiger partial charge is 0.204 e. The normalized spacial score (nSPS) is 10.5. The van der Waals surface area contributed by atoms with Gasteiger partial charge in [0.1, 0.15) is 0 Å². The summed E-state index contributed by atoms with van der Waals surface area (Å²) in [5.41, 5.74) is 0. The molecule has 1 aromatic rings. The van der Waals surface area contributed by atoms with E-state index in [-0.39, 0.29) is 4.90 Å². The van der Waals surface area contributed by atoms with Crippen molar-refractivity contribution in [2.24, 2.45) is 0 Å². The first-order chi connectivity index (χ1) is 6.11. The van der Waals surface area contributed by atoms with Crippen molar-refractivity contribution < 1.29 is 13.2 Å². The molecular weight excluding hydrogens is 217 g/mol. The van der Waals surface area contributed by atoms with Crippen molar-refractivity contribution in [3.8, 4) is 0 Å². The lowest BCUT2D eigenvalue weighted by Crippen LogP contribution is -1.95. The molecule has 0 saturated heterocycles. The number of benzene rings is 1. The van der Waals surface area contributed by atoms with Crippen LogP contribution in [0.25, 0.3) is 0 Å². The van der Waals surface area contributed by atoms with Gasteiger partial charge in [-0.3, -0.25) is 0 Å². The van der Waals surface area contributed by atoms with E-state index in [9.17, 15) is 13.2 Å². The van der Waals surface area contributed by atoms with Gasteiger partial charge in [0.2, 0.25) is 0 Å². The summed E-state index contributed by atoms with van der Waals surface area (Å²) in [6.45, 7) is 0. The highest BCUT2D eigenvalue weighted by Gasteiger charge is 2.17. The molecule has 0 radical (unpaired) electrons. The van der Waals surface area contributed by atoms with Crippen LogP contribution in [0.3, 0.4) is 0 Å². The summed E-state index contributed by atoms with van der Waals surface area (Å²) in [4.78, 5) is 0.579. The van der Waals surface area contributed by atoms with Crippen LogP contribution in [-0.2, 0) is 0 Å². The summed E-state index contributed by atoms with van der Waals surface area (Å²) >= 11 is 2.26. The van der Waals surface area contributed by atoms with Crippen molar-refractivity contribution in [2.75, 3.05) is 12.5 Å². The Hall–Kier alpha value is -0.290. The van der Waals surface area contributed by atoms with Crippen molar-refractivity contribution in [3.63, 3.8) is 0 Å². The molecule has 0 fully saturated rings. The van der Waals surface area contributed by atoms with Gasteiger partial charge < -0.3 is 0 Å². The van der Waals surface area contributed by atoms with Crippen molar-refractivity contribution in [3.05, 3.63) is 23.5 Å². The predicted octanol–water partition coefficient (Wildman–Crippen LogP) is 3.55. The third-order valence-corrected chi connectivity index (χ3v) is 3.21. The van der Waals surface area contributed by atoms with Gasteiger partial charge in [0, 0.05) is 4.90 Å². The van der Waals surface area contributed by atoms with Crippen LogP contribution in [0.4, 0.5) is 13.2 Å². The highest BCUT2D eigenvalue weighted by atomic mass is 32.2. The number of hydrogen-bond acceptors (Lipinski definition) is 2. The highest BCUT2D eigenvalue weighted by Crippen LogP contribution is 2.33. The maximum Gasteiger partial charge on any atom is 0.195 e. The van der Waals surface area contributed by atoms with Gasteiger partial charge in [-0.15, -0.1) is 23.5 Å². The first-order valence-electron chi connectivity index (χ1n) is 3.37. The van der Waals surface area contributed by atoms with E-state index in [0.29, 0.717) is 4.90 Å². The zero-order valence-electron chi connectivity index (χ0n) is 7.03. The molecule has 0 aliphatic heterocycles. The van der Waals surface area contributed by atoms with Crippen molar-refractivity contribution in [2.45, 2.75) is 9.79 Å². The average Bonchev–Trinajstić information content (AvgIpc) is 2.13. The van der Waals surface area contributed by atoms with Crippen LogP contribution in [0, 0.1) is 17.5 Å².